The number of aliphatic imine (C=N–C) groups is 1. The van der Waals surface area contributed by atoms with Gasteiger partial charge in [0.1, 0.15) is 11.5 Å². The molecule has 0 saturated carbocycles. The van der Waals surface area contributed by atoms with Crippen LogP contribution in [-0.4, -0.2) is 77.8 Å². The zero-order valence-electron chi connectivity index (χ0n) is 15.8. The Morgan fingerprint density at radius 3 is 2.46 bits per heavy atom. The topological polar surface area (TPSA) is 71.4 Å². The Balaban J connectivity index is 1.54. The quantitative estimate of drug-likeness (QED) is 0.614. The third kappa shape index (κ3) is 4.09. The fourth-order valence-electron chi connectivity index (χ4n) is 3.60. The highest BCUT2D eigenvalue weighted by molar-refractivity contribution is 7.91. The molecule has 4 rings (SSSR count). The summed E-state index contributed by atoms with van der Waals surface area (Å²) in [5.74, 6) is 0.907. The van der Waals surface area contributed by atoms with E-state index in [0.717, 1.165) is 59.6 Å². The van der Waals surface area contributed by atoms with E-state index < -0.39 is 11.2 Å². The van der Waals surface area contributed by atoms with Crippen LogP contribution >= 0.6 is 0 Å². The monoisotopic (exact) mass is 399 g/mol. The summed E-state index contributed by atoms with van der Waals surface area (Å²) in [7, 11) is 0. The van der Waals surface area contributed by atoms with Gasteiger partial charge in [0.2, 0.25) is 0 Å². The van der Waals surface area contributed by atoms with Crippen LogP contribution in [0.2, 0.25) is 0 Å². The Labute approximate surface area is 168 Å². The number of piperazine rings is 1. The minimum Gasteiger partial charge on any atom is -0.606 e. The van der Waals surface area contributed by atoms with Crippen LogP contribution in [0.15, 0.2) is 63.3 Å². The Hall–Kier alpha value is -1.90. The standard InChI is InChI=1S/C21H25N3O3S/c25-14-16-27-15-13-23-9-11-24(12-10-23)21-17-5-1-3-7-19(17)28(26)20-8-4-2-6-18(20)22-21/h1-8,25H,9-16H2. The summed E-state index contributed by atoms with van der Waals surface area (Å²) < 4.78 is 18.5. The summed E-state index contributed by atoms with van der Waals surface area (Å²) in [5.41, 5.74) is 1.74. The van der Waals surface area contributed by atoms with Crippen molar-refractivity contribution < 1.29 is 14.4 Å². The van der Waals surface area contributed by atoms with E-state index in [9.17, 15) is 4.55 Å². The molecular formula is C21H25N3O3S. The molecule has 0 bridgehead atoms. The third-order valence-electron chi connectivity index (χ3n) is 5.08. The molecule has 1 atom stereocenters. The van der Waals surface area contributed by atoms with Crippen LogP contribution in [0.3, 0.4) is 0 Å². The number of aliphatic hydroxyl groups excluding tert-OH is 1. The second-order valence-corrected chi connectivity index (χ2v) is 8.25. The highest BCUT2D eigenvalue weighted by Crippen LogP contribution is 2.35. The summed E-state index contributed by atoms with van der Waals surface area (Å²) >= 11 is -1.23. The average molecular weight is 400 g/mol. The molecule has 1 unspecified atom stereocenters. The highest BCUT2D eigenvalue weighted by Gasteiger charge is 2.31. The number of fused-ring (bicyclic) bond motifs is 2. The number of hydrogen-bond acceptors (Lipinski definition) is 6. The minimum atomic E-state index is -1.23. The number of benzene rings is 2. The number of ether oxygens (including phenoxy) is 1. The van der Waals surface area contributed by atoms with Gasteiger partial charge in [-0.3, -0.25) is 4.90 Å². The van der Waals surface area contributed by atoms with Crippen molar-refractivity contribution in [2.45, 2.75) is 9.79 Å². The van der Waals surface area contributed by atoms with Gasteiger partial charge in [0.05, 0.1) is 25.4 Å². The minimum absolute atomic E-state index is 0.0653. The molecule has 0 aliphatic carbocycles. The fraction of sp³-hybridized carbons (Fsp3) is 0.381. The van der Waals surface area contributed by atoms with Crippen LogP contribution in [0.1, 0.15) is 5.56 Å². The van der Waals surface area contributed by atoms with Crippen molar-refractivity contribution in [2.24, 2.45) is 4.99 Å². The van der Waals surface area contributed by atoms with Crippen molar-refractivity contribution in [3.8, 4) is 0 Å². The molecule has 0 aromatic heterocycles. The average Bonchev–Trinajstić information content (AvgIpc) is 2.87. The molecule has 1 N–H and O–H groups in total. The van der Waals surface area contributed by atoms with Gasteiger partial charge in [-0.05, 0) is 24.3 Å². The molecule has 1 fully saturated rings. The van der Waals surface area contributed by atoms with Crippen LogP contribution in [0.4, 0.5) is 5.69 Å². The fourth-order valence-corrected chi connectivity index (χ4v) is 4.90. The van der Waals surface area contributed by atoms with E-state index in [0.29, 0.717) is 13.2 Å². The maximum atomic E-state index is 13.2. The molecule has 2 aromatic rings. The lowest BCUT2D eigenvalue weighted by atomic mass is 10.1. The van der Waals surface area contributed by atoms with Crippen LogP contribution in [-0.2, 0) is 15.9 Å². The van der Waals surface area contributed by atoms with E-state index in [1.54, 1.807) is 0 Å². The number of aliphatic hydroxyl groups is 1. The molecule has 2 heterocycles. The summed E-state index contributed by atoms with van der Waals surface area (Å²) in [4.78, 5) is 11.2. The summed E-state index contributed by atoms with van der Waals surface area (Å²) in [6.07, 6.45) is 0. The van der Waals surface area contributed by atoms with E-state index in [1.807, 2.05) is 48.5 Å². The summed E-state index contributed by atoms with van der Waals surface area (Å²) in [6.45, 7) is 5.53. The van der Waals surface area contributed by atoms with E-state index >= 15 is 0 Å². The van der Waals surface area contributed by atoms with Gasteiger partial charge in [-0.2, -0.15) is 0 Å². The maximum absolute atomic E-state index is 13.2. The third-order valence-corrected chi connectivity index (χ3v) is 6.58. The van der Waals surface area contributed by atoms with Gasteiger partial charge >= 0.3 is 0 Å². The number of para-hydroxylation sites is 1. The van der Waals surface area contributed by atoms with Crippen LogP contribution in [0.5, 0.6) is 0 Å². The molecule has 2 aromatic carbocycles. The first-order chi connectivity index (χ1) is 13.8. The molecule has 2 aliphatic rings. The predicted molar refractivity (Wildman–Crippen MR) is 110 cm³/mol. The zero-order valence-corrected chi connectivity index (χ0v) is 16.6. The Bertz CT molecular complexity index is 837. The highest BCUT2D eigenvalue weighted by atomic mass is 32.2. The second-order valence-electron chi connectivity index (χ2n) is 6.83. The van der Waals surface area contributed by atoms with Crippen LogP contribution < -0.4 is 0 Å². The first-order valence-corrected chi connectivity index (χ1v) is 10.8. The first kappa shape index (κ1) is 19.4. The maximum Gasteiger partial charge on any atom is 0.184 e. The Morgan fingerprint density at radius 1 is 0.964 bits per heavy atom. The molecule has 7 heteroatoms. The molecule has 6 nitrogen and oxygen atoms in total. The number of nitrogens with zero attached hydrogens (tertiary/aromatic N) is 3. The SMILES string of the molecule is [O-][S+]1c2ccccc2N=C(N2CCN(CCOCCO)CC2)c2ccccc21. The lowest BCUT2D eigenvalue weighted by molar-refractivity contribution is 0.0652. The van der Waals surface area contributed by atoms with Crippen LogP contribution in [0, 0.1) is 0 Å². The summed E-state index contributed by atoms with van der Waals surface area (Å²) in [6, 6.07) is 15.6. The predicted octanol–water partition coefficient (Wildman–Crippen LogP) is 1.87. The molecule has 0 radical (unpaired) electrons. The molecule has 0 spiro atoms. The van der Waals surface area contributed by atoms with Crippen molar-refractivity contribution in [1.82, 2.24) is 9.80 Å². The van der Waals surface area contributed by atoms with E-state index in [-0.39, 0.29) is 6.61 Å². The van der Waals surface area contributed by atoms with Gasteiger partial charge < -0.3 is 19.3 Å². The Morgan fingerprint density at radius 2 is 1.68 bits per heavy atom. The summed E-state index contributed by atoms with van der Waals surface area (Å²) in [5, 5.41) is 8.79. The molecule has 1 saturated heterocycles. The van der Waals surface area contributed by atoms with Gasteiger partial charge in [0.25, 0.3) is 0 Å². The van der Waals surface area contributed by atoms with Gasteiger partial charge in [-0.25, -0.2) is 4.99 Å². The number of hydrogen-bond donors (Lipinski definition) is 1. The lowest BCUT2D eigenvalue weighted by Crippen LogP contribution is -2.49. The molecule has 2 aliphatic heterocycles. The molecule has 148 valence electrons. The molecule has 28 heavy (non-hydrogen) atoms. The first-order valence-electron chi connectivity index (χ1n) is 9.63. The van der Waals surface area contributed by atoms with Crippen LogP contribution in [0.25, 0.3) is 0 Å². The zero-order chi connectivity index (χ0) is 19.3. The lowest BCUT2D eigenvalue weighted by Gasteiger charge is -2.36. The normalized spacial score (nSPS) is 19.6. The number of amidine groups is 1. The van der Waals surface area contributed by atoms with E-state index in [2.05, 4.69) is 9.80 Å². The largest absolute Gasteiger partial charge is 0.606 e. The number of rotatable bonds is 5. The van der Waals surface area contributed by atoms with E-state index in [1.165, 1.54) is 0 Å². The van der Waals surface area contributed by atoms with Crippen molar-refractivity contribution in [3.05, 3.63) is 54.1 Å². The Kier molecular flexibility index (Phi) is 6.29. The molecule has 0 amide bonds. The van der Waals surface area contributed by atoms with E-state index in [4.69, 9.17) is 14.8 Å². The van der Waals surface area contributed by atoms with Crippen molar-refractivity contribution in [1.29, 1.82) is 0 Å². The smallest absolute Gasteiger partial charge is 0.184 e. The van der Waals surface area contributed by atoms with Gasteiger partial charge in [0, 0.05) is 43.9 Å². The van der Waals surface area contributed by atoms with Gasteiger partial charge in [0.15, 0.2) is 9.79 Å². The molecular weight excluding hydrogens is 374 g/mol. The second kappa shape index (κ2) is 9.07. The van der Waals surface area contributed by atoms with Crippen molar-refractivity contribution in [3.63, 3.8) is 0 Å². The van der Waals surface area contributed by atoms with Gasteiger partial charge in [-0.1, -0.05) is 24.3 Å². The van der Waals surface area contributed by atoms with Gasteiger partial charge in [-0.15, -0.1) is 0 Å². The van der Waals surface area contributed by atoms with Crippen molar-refractivity contribution in [2.75, 3.05) is 52.5 Å². The van der Waals surface area contributed by atoms with Crippen molar-refractivity contribution >= 4 is 22.7 Å².